The molecule has 1 nitrogen and oxygen atoms in total. The molecule has 1 aromatic heterocycles. The Hall–Kier alpha value is -1.12. The number of thiophene rings is 1. The minimum absolute atomic E-state index is 0.229. The fraction of sp³-hybridized carbons (Fsp3) is 0.444. The predicted molar refractivity (Wildman–Crippen MR) is 89.3 cm³/mol. The van der Waals surface area contributed by atoms with Gasteiger partial charge in [0.25, 0.3) is 0 Å². The molecule has 108 valence electrons. The van der Waals surface area contributed by atoms with E-state index in [4.69, 9.17) is 5.73 Å². The molecule has 0 bridgehead atoms. The van der Waals surface area contributed by atoms with Gasteiger partial charge in [-0.3, -0.25) is 0 Å². The SMILES string of the molecule is CCC(C)C(c1ccccc1)C(N)CCc1ccsc1. The molecule has 2 aromatic rings. The zero-order valence-electron chi connectivity index (χ0n) is 12.5. The van der Waals surface area contributed by atoms with Crippen molar-refractivity contribution < 1.29 is 0 Å². The maximum absolute atomic E-state index is 6.55. The number of hydrogen-bond donors (Lipinski definition) is 1. The van der Waals surface area contributed by atoms with E-state index in [1.165, 1.54) is 17.5 Å². The van der Waals surface area contributed by atoms with Gasteiger partial charge in [0, 0.05) is 12.0 Å². The summed E-state index contributed by atoms with van der Waals surface area (Å²) in [7, 11) is 0. The van der Waals surface area contributed by atoms with Crippen LogP contribution in [0.15, 0.2) is 47.2 Å². The minimum Gasteiger partial charge on any atom is -0.327 e. The molecule has 2 rings (SSSR count). The van der Waals surface area contributed by atoms with Gasteiger partial charge in [-0.15, -0.1) is 0 Å². The molecule has 0 saturated carbocycles. The summed E-state index contributed by atoms with van der Waals surface area (Å²) in [5.74, 6) is 1.08. The highest BCUT2D eigenvalue weighted by Crippen LogP contribution is 2.31. The molecule has 0 fully saturated rings. The van der Waals surface area contributed by atoms with E-state index in [2.05, 4.69) is 61.0 Å². The molecule has 0 spiro atoms. The summed E-state index contributed by atoms with van der Waals surface area (Å²) in [5, 5.41) is 4.37. The summed E-state index contributed by atoms with van der Waals surface area (Å²) >= 11 is 1.77. The van der Waals surface area contributed by atoms with Crippen LogP contribution >= 0.6 is 11.3 Å². The van der Waals surface area contributed by atoms with Crippen molar-refractivity contribution in [2.75, 3.05) is 0 Å². The standard InChI is InChI=1S/C18H25NS/c1-3-14(2)18(16-7-5-4-6-8-16)17(19)10-9-15-11-12-20-13-15/h4-8,11-14,17-18H,3,9-10,19H2,1-2H3. The number of rotatable bonds is 7. The van der Waals surface area contributed by atoms with Crippen LogP contribution in [0.1, 0.15) is 43.7 Å². The first-order valence-electron chi connectivity index (χ1n) is 7.54. The first-order valence-corrected chi connectivity index (χ1v) is 8.48. The predicted octanol–water partition coefficient (Wildman–Crippen LogP) is 4.84. The Morgan fingerprint density at radius 1 is 1.15 bits per heavy atom. The van der Waals surface area contributed by atoms with E-state index in [1.807, 2.05) is 0 Å². The van der Waals surface area contributed by atoms with E-state index in [-0.39, 0.29) is 6.04 Å². The maximum Gasteiger partial charge on any atom is 0.0114 e. The molecule has 1 heterocycles. The van der Waals surface area contributed by atoms with Gasteiger partial charge in [-0.1, -0.05) is 50.6 Å². The smallest absolute Gasteiger partial charge is 0.0114 e. The molecule has 1 aromatic carbocycles. The second-order valence-electron chi connectivity index (χ2n) is 5.66. The molecule has 3 unspecified atom stereocenters. The van der Waals surface area contributed by atoms with Crippen LogP contribution in [0.2, 0.25) is 0 Å². The molecule has 2 heteroatoms. The molecule has 0 aliphatic heterocycles. The van der Waals surface area contributed by atoms with Crippen molar-refractivity contribution in [3.8, 4) is 0 Å². The van der Waals surface area contributed by atoms with Crippen LogP contribution in [-0.2, 0) is 6.42 Å². The van der Waals surface area contributed by atoms with Crippen molar-refractivity contribution in [2.45, 2.75) is 45.1 Å². The monoisotopic (exact) mass is 287 g/mol. The van der Waals surface area contributed by atoms with Gasteiger partial charge >= 0.3 is 0 Å². The van der Waals surface area contributed by atoms with Crippen LogP contribution in [-0.4, -0.2) is 6.04 Å². The van der Waals surface area contributed by atoms with E-state index >= 15 is 0 Å². The van der Waals surface area contributed by atoms with Gasteiger partial charge < -0.3 is 5.73 Å². The second-order valence-corrected chi connectivity index (χ2v) is 6.44. The molecule has 0 saturated heterocycles. The summed E-state index contributed by atoms with van der Waals surface area (Å²) in [5.41, 5.74) is 9.35. The van der Waals surface area contributed by atoms with Gasteiger partial charge in [0.05, 0.1) is 0 Å². The molecule has 3 atom stereocenters. The van der Waals surface area contributed by atoms with Gasteiger partial charge in [0.2, 0.25) is 0 Å². The zero-order chi connectivity index (χ0) is 14.4. The molecule has 2 N–H and O–H groups in total. The summed E-state index contributed by atoms with van der Waals surface area (Å²) in [6, 6.07) is 13.2. The van der Waals surface area contributed by atoms with Crippen molar-refractivity contribution in [2.24, 2.45) is 11.7 Å². The Balaban J connectivity index is 2.06. The van der Waals surface area contributed by atoms with Crippen LogP contribution in [0.4, 0.5) is 0 Å². The number of hydrogen-bond acceptors (Lipinski definition) is 2. The second kappa shape index (κ2) is 7.61. The minimum atomic E-state index is 0.229. The van der Waals surface area contributed by atoms with E-state index in [0.717, 1.165) is 12.8 Å². The normalized spacial score (nSPS) is 15.8. The topological polar surface area (TPSA) is 26.0 Å². The largest absolute Gasteiger partial charge is 0.327 e. The third-order valence-electron chi connectivity index (χ3n) is 4.25. The third kappa shape index (κ3) is 3.94. The van der Waals surface area contributed by atoms with Gasteiger partial charge in [0.1, 0.15) is 0 Å². The fourth-order valence-electron chi connectivity index (χ4n) is 2.87. The van der Waals surface area contributed by atoms with Gasteiger partial charge in [-0.25, -0.2) is 0 Å². The summed E-state index contributed by atoms with van der Waals surface area (Å²) in [6.45, 7) is 4.58. The van der Waals surface area contributed by atoms with E-state index in [9.17, 15) is 0 Å². The fourth-order valence-corrected chi connectivity index (χ4v) is 3.58. The lowest BCUT2D eigenvalue weighted by Crippen LogP contribution is -2.33. The molecule has 0 aliphatic carbocycles. The van der Waals surface area contributed by atoms with Crippen LogP contribution in [0, 0.1) is 5.92 Å². The number of nitrogens with two attached hydrogens (primary N) is 1. The summed E-state index contributed by atoms with van der Waals surface area (Å²) in [4.78, 5) is 0. The Kier molecular flexibility index (Phi) is 5.81. The van der Waals surface area contributed by atoms with Gasteiger partial charge in [-0.2, -0.15) is 11.3 Å². The van der Waals surface area contributed by atoms with E-state index < -0.39 is 0 Å². The third-order valence-corrected chi connectivity index (χ3v) is 4.98. The first kappa shape index (κ1) is 15.3. The number of aryl methyl sites for hydroxylation is 1. The lowest BCUT2D eigenvalue weighted by Gasteiger charge is -2.29. The van der Waals surface area contributed by atoms with Crippen LogP contribution < -0.4 is 5.73 Å². The van der Waals surface area contributed by atoms with Crippen LogP contribution in [0.25, 0.3) is 0 Å². The molecule has 0 aliphatic rings. The van der Waals surface area contributed by atoms with E-state index in [0.29, 0.717) is 11.8 Å². The van der Waals surface area contributed by atoms with Crippen LogP contribution in [0.3, 0.4) is 0 Å². The average molecular weight is 287 g/mol. The highest BCUT2D eigenvalue weighted by Gasteiger charge is 2.24. The van der Waals surface area contributed by atoms with Gasteiger partial charge in [0.15, 0.2) is 0 Å². The Morgan fingerprint density at radius 2 is 1.90 bits per heavy atom. The van der Waals surface area contributed by atoms with Crippen molar-refractivity contribution >= 4 is 11.3 Å². The summed E-state index contributed by atoms with van der Waals surface area (Å²) in [6.07, 6.45) is 3.32. The highest BCUT2D eigenvalue weighted by atomic mass is 32.1. The number of benzene rings is 1. The van der Waals surface area contributed by atoms with Crippen molar-refractivity contribution in [1.29, 1.82) is 0 Å². The molecule has 20 heavy (non-hydrogen) atoms. The molecule has 0 amide bonds. The maximum atomic E-state index is 6.55. The Bertz CT molecular complexity index is 477. The lowest BCUT2D eigenvalue weighted by molar-refractivity contribution is 0.368. The average Bonchev–Trinajstić information content (AvgIpc) is 2.99. The zero-order valence-corrected chi connectivity index (χ0v) is 13.3. The van der Waals surface area contributed by atoms with Gasteiger partial charge in [-0.05, 0) is 46.7 Å². The molecular weight excluding hydrogens is 262 g/mol. The Morgan fingerprint density at radius 3 is 2.50 bits per heavy atom. The first-order chi connectivity index (χ1) is 9.72. The van der Waals surface area contributed by atoms with Crippen molar-refractivity contribution in [3.05, 3.63) is 58.3 Å². The lowest BCUT2D eigenvalue weighted by atomic mass is 9.79. The highest BCUT2D eigenvalue weighted by molar-refractivity contribution is 7.07. The van der Waals surface area contributed by atoms with E-state index in [1.54, 1.807) is 11.3 Å². The molecule has 0 radical (unpaired) electrons. The summed E-state index contributed by atoms with van der Waals surface area (Å²) < 4.78 is 0. The molecular formula is C18H25NS. The van der Waals surface area contributed by atoms with Crippen LogP contribution in [0.5, 0.6) is 0 Å². The van der Waals surface area contributed by atoms with Crippen molar-refractivity contribution in [3.63, 3.8) is 0 Å². The van der Waals surface area contributed by atoms with Crippen molar-refractivity contribution in [1.82, 2.24) is 0 Å². The Labute approximate surface area is 126 Å². The quantitative estimate of drug-likeness (QED) is 0.775.